The van der Waals surface area contributed by atoms with Gasteiger partial charge in [0.15, 0.2) is 0 Å². The molecule has 0 radical (unpaired) electrons. The summed E-state index contributed by atoms with van der Waals surface area (Å²) in [6.07, 6.45) is 2.17. The highest BCUT2D eigenvalue weighted by Gasteiger charge is 2.39. The van der Waals surface area contributed by atoms with Crippen LogP contribution in [-0.2, 0) is 12.8 Å². The maximum absolute atomic E-state index is 2.44. The van der Waals surface area contributed by atoms with Gasteiger partial charge in [-0.2, -0.15) is 0 Å². The summed E-state index contributed by atoms with van der Waals surface area (Å²) in [5, 5.41) is 1.47. The Labute approximate surface area is 165 Å². The van der Waals surface area contributed by atoms with Gasteiger partial charge in [0.1, 0.15) is 0 Å². The molecule has 0 N–H and O–H groups in total. The number of benzene rings is 3. The third-order valence-corrected chi connectivity index (χ3v) is 7.55. The lowest BCUT2D eigenvalue weighted by molar-refractivity contribution is 1.15. The van der Waals surface area contributed by atoms with E-state index in [1.54, 1.807) is 26.9 Å². The minimum atomic E-state index is 0.402. The fraction of sp³-hybridized carbons (Fsp3) is 0.200. The van der Waals surface area contributed by atoms with Crippen LogP contribution in [-0.4, -0.2) is 6.71 Å². The minimum absolute atomic E-state index is 0.402. The molecule has 0 bridgehead atoms. The zero-order valence-corrected chi connectivity index (χ0v) is 16.8. The first kappa shape index (κ1) is 15.7. The van der Waals surface area contributed by atoms with Crippen molar-refractivity contribution in [3.63, 3.8) is 0 Å². The van der Waals surface area contributed by atoms with Crippen LogP contribution in [0.4, 0.5) is 0 Å². The second kappa shape index (κ2) is 5.36. The highest BCUT2D eigenvalue weighted by atomic mass is 32.1. The van der Waals surface area contributed by atoms with Gasteiger partial charge in [0.2, 0.25) is 6.71 Å². The van der Waals surface area contributed by atoms with Crippen molar-refractivity contribution in [2.45, 2.75) is 33.6 Å². The van der Waals surface area contributed by atoms with Crippen molar-refractivity contribution in [1.29, 1.82) is 0 Å². The third-order valence-electron chi connectivity index (χ3n) is 6.38. The summed E-state index contributed by atoms with van der Waals surface area (Å²) in [4.78, 5) is 1.57. The van der Waals surface area contributed by atoms with E-state index in [-0.39, 0.29) is 0 Å². The number of rotatable bonds is 0. The van der Waals surface area contributed by atoms with E-state index in [2.05, 4.69) is 69.3 Å². The summed E-state index contributed by atoms with van der Waals surface area (Å²) in [5.41, 5.74) is 13.5. The summed E-state index contributed by atoms with van der Waals surface area (Å²) in [5.74, 6) is 0. The molecule has 3 heterocycles. The van der Waals surface area contributed by atoms with Crippen LogP contribution >= 0.6 is 11.3 Å². The van der Waals surface area contributed by atoms with Gasteiger partial charge in [0.05, 0.1) is 0 Å². The maximum Gasteiger partial charge on any atom is 0.244 e. The molecule has 0 atom stereocenters. The Morgan fingerprint density at radius 3 is 2.30 bits per heavy atom. The molecule has 0 unspecified atom stereocenters. The van der Waals surface area contributed by atoms with Crippen molar-refractivity contribution in [2.24, 2.45) is 0 Å². The van der Waals surface area contributed by atoms with Crippen molar-refractivity contribution in [1.82, 2.24) is 0 Å². The van der Waals surface area contributed by atoms with Crippen LogP contribution in [0, 0.1) is 20.8 Å². The second-order valence-corrected chi connectivity index (χ2v) is 9.56. The van der Waals surface area contributed by atoms with Gasteiger partial charge in [-0.3, -0.25) is 0 Å². The van der Waals surface area contributed by atoms with Crippen LogP contribution in [0.3, 0.4) is 0 Å². The van der Waals surface area contributed by atoms with Crippen LogP contribution in [0.5, 0.6) is 0 Å². The van der Waals surface area contributed by atoms with Crippen molar-refractivity contribution in [3.8, 4) is 0 Å². The molecule has 0 amide bonds. The van der Waals surface area contributed by atoms with Gasteiger partial charge < -0.3 is 0 Å². The summed E-state index contributed by atoms with van der Waals surface area (Å²) >= 11 is 2.01. The Morgan fingerprint density at radius 2 is 1.44 bits per heavy atom. The fourth-order valence-electron chi connectivity index (χ4n) is 5.32. The highest BCUT2D eigenvalue weighted by Crippen LogP contribution is 2.32. The van der Waals surface area contributed by atoms with E-state index in [0.29, 0.717) is 6.71 Å². The molecule has 3 aromatic carbocycles. The lowest BCUT2D eigenvalue weighted by Crippen LogP contribution is -2.60. The normalized spacial score (nSPS) is 14.1. The monoisotopic (exact) mass is 364 g/mol. The summed E-state index contributed by atoms with van der Waals surface area (Å²) in [6, 6.07) is 19.0. The van der Waals surface area contributed by atoms with Crippen LogP contribution in [0.25, 0.3) is 10.1 Å². The molecule has 2 aliphatic heterocycles. The van der Waals surface area contributed by atoms with Gasteiger partial charge in [-0.05, 0) is 66.4 Å². The quantitative estimate of drug-likeness (QED) is 0.355. The van der Waals surface area contributed by atoms with Crippen molar-refractivity contribution in [2.75, 3.05) is 0 Å². The molecule has 130 valence electrons. The molecule has 0 aliphatic carbocycles. The number of hydrogen-bond donors (Lipinski definition) is 0. The maximum atomic E-state index is 2.44. The molecule has 27 heavy (non-hydrogen) atoms. The van der Waals surface area contributed by atoms with Gasteiger partial charge >= 0.3 is 0 Å². The van der Waals surface area contributed by atoms with E-state index in [4.69, 9.17) is 0 Å². The third kappa shape index (κ3) is 2.17. The molecule has 0 nitrogen and oxygen atoms in total. The van der Waals surface area contributed by atoms with Crippen LogP contribution < -0.4 is 16.4 Å². The predicted molar refractivity (Wildman–Crippen MR) is 119 cm³/mol. The zero-order valence-electron chi connectivity index (χ0n) is 16.0. The van der Waals surface area contributed by atoms with Gasteiger partial charge in [-0.1, -0.05) is 64.5 Å². The SMILES string of the molecule is Cc1cc2c3c(c1)Cc1sc4cc(C)ccc4c1B3c1cc(C)ccc1C2. The highest BCUT2D eigenvalue weighted by molar-refractivity contribution is 7.22. The standard InChI is InChI=1S/C25H21BS/c1-14-4-6-17-12-18-8-16(3)9-19-13-23-25(26(24(18)19)21(17)10-14)20-7-5-15(2)11-22(20)27-23/h4-11H,12-13H2,1-3H3. The van der Waals surface area contributed by atoms with E-state index in [1.807, 2.05) is 11.3 Å². The number of hydrogen-bond acceptors (Lipinski definition) is 1. The molecule has 4 aromatic rings. The molecule has 0 fully saturated rings. The number of aryl methyl sites for hydroxylation is 3. The van der Waals surface area contributed by atoms with E-state index in [1.165, 1.54) is 37.8 Å². The summed E-state index contributed by atoms with van der Waals surface area (Å²) in [6.45, 7) is 7.08. The molecule has 0 saturated carbocycles. The zero-order chi connectivity index (χ0) is 18.3. The molecular formula is C25H21BS. The van der Waals surface area contributed by atoms with Gasteiger partial charge in [-0.25, -0.2) is 0 Å². The molecule has 0 saturated heterocycles. The van der Waals surface area contributed by atoms with Crippen molar-refractivity contribution >= 4 is 44.5 Å². The van der Waals surface area contributed by atoms with Crippen molar-refractivity contribution < 1.29 is 0 Å². The Bertz CT molecular complexity index is 1260. The summed E-state index contributed by atoms with van der Waals surface area (Å²) < 4.78 is 1.45. The fourth-order valence-corrected chi connectivity index (χ4v) is 6.68. The average Bonchev–Trinajstić information content (AvgIpc) is 2.98. The minimum Gasteiger partial charge on any atom is -0.140 e. The number of thiophene rings is 1. The van der Waals surface area contributed by atoms with Gasteiger partial charge in [-0.15, -0.1) is 11.3 Å². The Kier molecular flexibility index (Phi) is 3.12. The first-order chi connectivity index (χ1) is 13.1. The smallest absolute Gasteiger partial charge is 0.140 e. The summed E-state index contributed by atoms with van der Waals surface area (Å²) in [7, 11) is 0. The van der Waals surface area contributed by atoms with E-state index >= 15 is 0 Å². The van der Waals surface area contributed by atoms with Crippen molar-refractivity contribution in [3.05, 3.63) is 86.8 Å². The molecule has 0 spiro atoms. The van der Waals surface area contributed by atoms with Crippen LogP contribution in [0.1, 0.15) is 38.3 Å². The first-order valence-electron chi connectivity index (χ1n) is 9.82. The van der Waals surface area contributed by atoms with Gasteiger partial charge in [0.25, 0.3) is 0 Å². The molecule has 2 heteroatoms. The Hall–Kier alpha value is -2.32. The Morgan fingerprint density at radius 1 is 0.704 bits per heavy atom. The van der Waals surface area contributed by atoms with E-state index in [9.17, 15) is 0 Å². The molecule has 2 aliphatic rings. The average molecular weight is 364 g/mol. The predicted octanol–water partition coefficient (Wildman–Crippen LogP) is 4.15. The van der Waals surface area contributed by atoms with Crippen LogP contribution in [0.15, 0.2) is 48.5 Å². The number of fused-ring (bicyclic) bond motifs is 6. The van der Waals surface area contributed by atoms with Gasteiger partial charge in [0, 0.05) is 16.0 Å². The van der Waals surface area contributed by atoms with E-state index < -0.39 is 0 Å². The molecule has 6 rings (SSSR count). The molecule has 1 aromatic heterocycles. The first-order valence-corrected chi connectivity index (χ1v) is 10.6. The Balaban J connectivity index is 1.74. The van der Waals surface area contributed by atoms with E-state index in [0.717, 1.165) is 12.8 Å². The lowest BCUT2D eigenvalue weighted by atomic mass is 9.31. The van der Waals surface area contributed by atoms with Crippen LogP contribution in [0.2, 0.25) is 0 Å². The largest absolute Gasteiger partial charge is 0.244 e. The molecular weight excluding hydrogens is 343 g/mol. The topological polar surface area (TPSA) is 0 Å². The lowest BCUT2D eigenvalue weighted by Gasteiger charge is -2.33. The second-order valence-electron chi connectivity index (χ2n) is 8.42.